The van der Waals surface area contributed by atoms with Crippen molar-refractivity contribution in [1.29, 1.82) is 0 Å². The molecule has 0 saturated heterocycles. The summed E-state index contributed by atoms with van der Waals surface area (Å²) in [5.41, 5.74) is 0.539. The first-order valence-electron chi connectivity index (χ1n) is 5.35. The van der Waals surface area contributed by atoms with Gasteiger partial charge in [-0.3, -0.25) is 0 Å². The maximum atomic E-state index is 11.1. The predicted molar refractivity (Wildman–Crippen MR) is 70.5 cm³/mol. The van der Waals surface area contributed by atoms with Crippen molar-refractivity contribution < 1.29 is 4.42 Å². The molecule has 0 saturated carbocycles. The molecule has 0 atom stereocenters. The molecule has 1 aliphatic carbocycles. The van der Waals surface area contributed by atoms with Crippen LogP contribution >= 0.6 is 0 Å². The van der Waals surface area contributed by atoms with Crippen molar-refractivity contribution in [2.45, 2.75) is 0 Å². The van der Waals surface area contributed by atoms with Crippen LogP contribution in [0.3, 0.4) is 0 Å². The lowest BCUT2D eigenvalue weighted by atomic mass is 10.2. The Morgan fingerprint density at radius 1 is 0.706 bits per heavy atom. The highest BCUT2D eigenvalue weighted by Gasteiger charge is 1.98. The molecule has 2 heteroatoms. The van der Waals surface area contributed by atoms with Gasteiger partial charge in [-0.2, -0.15) is 0 Å². The molecule has 0 aromatic carbocycles. The molecule has 0 aliphatic heterocycles. The summed E-state index contributed by atoms with van der Waals surface area (Å²) in [5, 5.41) is 0. The molecule has 1 heterocycles. The van der Waals surface area contributed by atoms with E-state index in [0.29, 0.717) is 5.76 Å². The van der Waals surface area contributed by atoms with Crippen molar-refractivity contribution in [3.63, 3.8) is 0 Å². The Morgan fingerprint density at radius 3 is 2.00 bits per heavy atom. The lowest BCUT2D eigenvalue weighted by Crippen LogP contribution is -1.97. The summed E-state index contributed by atoms with van der Waals surface area (Å²) in [4.78, 5) is 11.1. The number of rotatable bonds is 0. The van der Waals surface area contributed by atoms with E-state index < -0.39 is 0 Å². The highest BCUT2D eigenvalue weighted by atomic mass is 16.4. The van der Waals surface area contributed by atoms with Gasteiger partial charge in [-0.05, 0) is 12.1 Å². The van der Waals surface area contributed by atoms with E-state index in [4.69, 9.17) is 4.42 Å². The second-order valence-electron chi connectivity index (χ2n) is 3.45. The van der Waals surface area contributed by atoms with E-state index in [1.165, 1.54) is 6.07 Å². The van der Waals surface area contributed by atoms with Crippen molar-refractivity contribution in [1.82, 2.24) is 0 Å². The van der Waals surface area contributed by atoms with Gasteiger partial charge in [0, 0.05) is 11.6 Å². The standard InChI is InChI=1S/C15H12O2/c16-15-12-11-13-9-7-5-3-1-2-4-6-8-10-14(13)17-15/h1-12H/b2-1-,3-1?,4-2?,5-3-,6-4-,7-5?,8-6?,9-7-,10-8-,13-9?,14-10?. The topological polar surface area (TPSA) is 30.2 Å². The zero-order valence-corrected chi connectivity index (χ0v) is 9.24. The number of hydrogen-bond donors (Lipinski definition) is 0. The van der Waals surface area contributed by atoms with Gasteiger partial charge in [0.25, 0.3) is 0 Å². The van der Waals surface area contributed by atoms with Crippen molar-refractivity contribution in [2.75, 3.05) is 0 Å². The molecule has 0 radical (unpaired) electrons. The zero-order chi connectivity index (χ0) is 11.9. The average molecular weight is 224 g/mol. The van der Waals surface area contributed by atoms with Crippen LogP contribution in [-0.4, -0.2) is 0 Å². The maximum Gasteiger partial charge on any atom is 0.336 e. The van der Waals surface area contributed by atoms with Crippen molar-refractivity contribution in [3.8, 4) is 0 Å². The fourth-order valence-corrected chi connectivity index (χ4v) is 1.40. The Labute approximate surface area is 99.6 Å². The van der Waals surface area contributed by atoms with Gasteiger partial charge in [0.15, 0.2) is 0 Å². The van der Waals surface area contributed by atoms with Gasteiger partial charge in [-0.15, -0.1) is 0 Å². The molecule has 1 aliphatic rings. The lowest BCUT2D eigenvalue weighted by molar-refractivity contribution is 0.500. The Bertz CT molecular complexity index is 581. The zero-order valence-electron chi connectivity index (χ0n) is 9.24. The van der Waals surface area contributed by atoms with Crippen molar-refractivity contribution >= 4 is 12.2 Å². The Morgan fingerprint density at radius 2 is 1.29 bits per heavy atom. The molecule has 84 valence electrons. The van der Waals surface area contributed by atoms with E-state index >= 15 is 0 Å². The third-order valence-corrected chi connectivity index (χ3v) is 2.20. The van der Waals surface area contributed by atoms with E-state index in [9.17, 15) is 4.79 Å². The van der Waals surface area contributed by atoms with E-state index in [1.54, 1.807) is 12.1 Å². The molecule has 0 spiro atoms. The molecular weight excluding hydrogens is 212 g/mol. The smallest absolute Gasteiger partial charge is 0.336 e. The second kappa shape index (κ2) is 5.66. The van der Waals surface area contributed by atoms with Gasteiger partial charge in [0.2, 0.25) is 0 Å². The molecule has 2 rings (SSSR count). The molecule has 0 bridgehead atoms. The largest absolute Gasteiger partial charge is 0.423 e. The van der Waals surface area contributed by atoms with Gasteiger partial charge in [0.1, 0.15) is 5.76 Å². The molecule has 0 N–H and O–H groups in total. The maximum absolute atomic E-state index is 11.1. The summed E-state index contributed by atoms with van der Waals surface area (Å²) < 4.78 is 5.13. The quantitative estimate of drug-likeness (QED) is 0.676. The van der Waals surface area contributed by atoms with Crippen LogP contribution < -0.4 is 5.63 Å². The van der Waals surface area contributed by atoms with Crippen LogP contribution in [0.5, 0.6) is 0 Å². The molecule has 2 nitrogen and oxygen atoms in total. The number of hydrogen-bond acceptors (Lipinski definition) is 2. The van der Waals surface area contributed by atoms with Crippen LogP contribution in [0.4, 0.5) is 0 Å². The first-order valence-corrected chi connectivity index (χ1v) is 5.35. The van der Waals surface area contributed by atoms with Crippen molar-refractivity contribution in [2.24, 2.45) is 0 Å². The normalized spacial score (nSPS) is 23.5. The molecule has 0 fully saturated rings. The van der Waals surface area contributed by atoms with E-state index in [1.807, 2.05) is 54.7 Å². The van der Waals surface area contributed by atoms with Gasteiger partial charge in [-0.1, -0.05) is 54.7 Å². The average Bonchev–Trinajstić information content (AvgIpc) is 2.31. The minimum atomic E-state index is -0.340. The first kappa shape index (κ1) is 11.1. The minimum Gasteiger partial charge on any atom is -0.423 e. The van der Waals surface area contributed by atoms with Gasteiger partial charge in [-0.25, -0.2) is 4.79 Å². The molecule has 0 unspecified atom stereocenters. The van der Waals surface area contributed by atoms with E-state index in [2.05, 4.69) is 0 Å². The highest BCUT2D eigenvalue weighted by Crippen LogP contribution is 2.11. The van der Waals surface area contributed by atoms with Gasteiger partial charge in [0.05, 0.1) is 0 Å². The summed E-state index contributed by atoms with van der Waals surface area (Å²) in [5.74, 6) is 0.566. The number of allylic oxidation sites excluding steroid dienone is 8. The Kier molecular flexibility index (Phi) is 3.71. The van der Waals surface area contributed by atoms with Crippen LogP contribution in [0.1, 0.15) is 11.3 Å². The predicted octanol–water partition coefficient (Wildman–Crippen LogP) is 3.35. The van der Waals surface area contributed by atoms with Gasteiger partial charge >= 0.3 is 5.63 Å². The van der Waals surface area contributed by atoms with Crippen LogP contribution in [0.15, 0.2) is 70.0 Å². The molecule has 1 aromatic rings. The van der Waals surface area contributed by atoms with Crippen LogP contribution in [0.2, 0.25) is 0 Å². The monoisotopic (exact) mass is 224 g/mol. The third kappa shape index (κ3) is 3.31. The highest BCUT2D eigenvalue weighted by molar-refractivity contribution is 5.62. The second-order valence-corrected chi connectivity index (χ2v) is 3.45. The SMILES string of the molecule is O=c1ccc2c(o1)\C=C/C=C\C=C/C=C\C=C/2. The molecule has 0 amide bonds. The lowest BCUT2D eigenvalue weighted by Gasteiger charge is -1.97. The van der Waals surface area contributed by atoms with Crippen LogP contribution in [-0.2, 0) is 0 Å². The summed E-state index contributed by atoms with van der Waals surface area (Å²) in [7, 11) is 0. The van der Waals surface area contributed by atoms with E-state index in [-0.39, 0.29) is 5.63 Å². The van der Waals surface area contributed by atoms with Crippen LogP contribution in [0.25, 0.3) is 12.2 Å². The first-order chi connectivity index (χ1) is 8.36. The fourth-order valence-electron chi connectivity index (χ4n) is 1.40. The molecular formula is C15H12O2. The summed E-state index contributed by atoms with van der Waals surface area (Å²) >= 11 is 0. The van der Waals surface area contributed by atoms with Crippen molar-refractivity contribution in [3.05, 3.63) is 82.5 Å². The summed E-state index contributed by atoms with van der Waals surface area (Å²) in [6.45, 7) is 0. The summed E-state index contributed by atoms with van der Waals surface area (Å²) in [6.07, 6.45) is 18.9. The summed E-state index contributed by atoms with van der Waals surface area (Å²) in [6, 6.07) is 3.17. The minimum absolute atomic E-state index is 0.340. The Balaban J connectivity index is 2.47. The molecule has 17 heavy (non-hydrogen) atoms. The van der Waals surface area contributed by atoms with Crippen LogP contribution in [0, 0.1) is 0 Å². The fraction of sp³-hybridized carbons (Fsp3) is 0. The number of fused-ring (bicyclic) bond motifs is 1. The van der Waals surface area contributed by atoms with E-state index in [0.717, 1.165) is 5.56 Å². The molecule has 1 aromatic heterocycles. The Hall–Kier alpha value is -2.35. The third-order valence-electron chi connectivity index (χ3n) is 2.20. The van der Waals surface area contributed by atoms with Gasteiger partial charge < -0.3 is 4.42 Å².